The molecular formula is C9H10BrNOS. The first kappa shape index (κ1) is 9.21. The second-order valence-corrected chi connectivity index (χ2v) is 6.70. The van der Waals surface area contributed by atoms with Crippen molar-refractivity contribution >= 4 is 31.3 Å². The molecule has 4 heteroatoms. The van der Waals surface area contributed by atoms with E-state index >= 15 is 0 Å². The minimum atomic E-state index is -1.95. The van der Waals surface area contributed by atoms with Crippen LogP contribution in [0.3, 0.4) is 0 Å². The van der Waals surface area contributed by atoms with Crippen LogP contribution in [-0.4, -0.2) is 16.2 Å². The average molecular weight is 260 g/mol. The van der Waals surface area contributed by atoms with Crippen molar-refractivity contribution in [3.8, 4) is 0 Å². The van der Waals surface area contributed by atoms with Gasteiger partial charge in [0.15, 0.2) is 0 Å². The molecule has 1 aliphatic heterocycles. The van der Waals surface area contributed by atoms with E-state index in [0.717, 1.165) is 16.6 Å². The molecule has 70 valence electrons. The van der Waals surface area contributed by atoms with Gasteiger partial charge in [-0.15, -0.1) is 0 Å². The Hall–Kier alpha value is -0.350. The predicted molar refractivity (Wildman–Crippen MR) is 58.9 cm³/mol. The van der Waals surface area contributed by atoms with Gasteiger partial charge in [0.1, 0.15) is 0 Å². The lowest BCUT2D eigenvalue weighted by molar-refractivity contribution is 0.679. The molecule has 0 radical (unpaired) electrons. The molecule has 1 aromatic carbocycles. The van der Waals surface area contributed by atoms with E-state index in [2.05, 4.69) is 20.3 Å². The summed E-state index contributed by atoms with van der Waals surface area (Å²) in [6.07, 6.45) is 2.59. The van der Waals surface area contributed by atoms with Crippen molar-refractivity contribution in [2.45, 2.75) is 6.42 Å². The first-order chi connectivity index (χ1) is 6.07. The molecule has 0 saturated carbocycles. The van der Waals surface area contributed by atoms with Crippen LogP contribution in [0.1, 0.15) is 5.56 Å². The normalized spacial score (nSPS) is 26.3. The molecule has 1 unspecified atom stereocenters. The van der Waals surface area contributed by atoms with E-state index in [4.69, 9.17) is 0 Å². The minimum absolute atomic E-state index is 0.677. The molecule has 13 heavy (non-hydrogen) atoms. The van der Waals surface area contributed by atoms with Crippen LogP contribution in [0.2, 0.25) is 0 Å². The van der Waals surface area contributed by atoms with Crippen LogP contribution in [0.4, 0.5) is 5.69 Å². The summed E-state index contributed by atoms with van der Waals surface area (Å²) in [5.41, 5.74) is 2.08. The van der Waals surface area contributed by atoms with Crippen molar-refractivity contribution < 1.29 is 4.21 Å². The highest BCUT2D eigenvalue weighted by atomic mass is 79.9. The SMILES string of the molecule is CS1(=O)=Nc2ccc(Br)cc2CC1. The molecule has 0 fully saturated rings. The molecule has 2 rings (SSSR count). The Morgan fingerprint density at radius 1 is 1.54 bits per heavy atom. The molecule has 0 amide bonds. The fourth-order valence-electron chi connectivity index (χ4n) is 1.40. The molecule has 0 bridgehead atoms. The van der Waals surface area contributed by atoms with Gasteiger partial charge < -0.3 is 0 Å². The summed E-state index contributed by atoms with van der Waals surface area (Å²) in [6, 6.07) is 5.90. The van der Waals surface area contributed by atoms with E-state index in [0.29, 0.717) is 5.75 Å². The smallest absolute Gasteiger partial charge is 0.0763 e. The molecule has 1 aliphatic rings. The summed E-state index contributed by atoms with van der Waals surface area (Å²) in [7, 11) is -1.95. The van der Waals surface area contributed by atoms with Crippen molar-refractivity contribution in [2.75, 3.05) is 12.0 Å². The maximum atomic E-state index is 11.7. The van der Waals surface area contributed by atoms with E-state index in [9.17, 15) is 4.21 Å². The van der Waals surface area contributed by atoms with Crippen molar-refractivity contribution in [2.24, 2.45) is 4.36 Å². The first-order valence-electron chi connectivity index (χ1n) is 4.05. The third kappa shape index (κ3) is 1.94. The summed E-state index contributed by atoms with van der Waals surface area (Å²) in [4.78, 5) is 0. The standard InChI is InChI=1S/C9H10BrNOS/c1-13(12)5-4-7-6-8(10)2-3-9(7)11-13/h2-3,6H,4-5H2,1H3. The number of rotatable bonds is 0. The van der Waals surface area contributed by atoms with Crippen LogP contribution in [0.15, 0.2) is 27.0 Å². The highest BCUT2D eigenvalue weighted by Gasteiger charge is 2.13. The topological polar surface area (TPSA) is 29.4 Å². The number of hydrogen-bond acceptors (Lipinski definition) is 2. The molecule has 0 aromatic heterocycles. The molecule has 2 nitrogen and oxygen atoms in total. The van der Waals surface area contributed by atoms with Crippen molar-refractivity contribution in [3.63, 3.8) is 0 Å². The van der Waals surface area contributed by atoms with E-state index in [-0.39, 0.29) is 0 Å². The zero-order chi connectivity index (χ0) is 9.47. The van der Waals surface area contributed by atoms with Gasteiger partial charge in [-0.1, -0.05) is 15.9 Å². The second kappa shape index (κ2) is 3.10. The van der Waals surface area contributed by atoms with Gasteiger partial charge in [0.25, 0.3) is 0 Å². The lowest BCUT2D eigenvalue weighted by Crippen LogP contribution is -2.10. The largest absolute Gasteiger partial charge is 0.250 e. The third-order valence-corrected chi connectivity index (χ3v) is 4.12. The van der Waals surface area contributed by atoms with Gasteiger partial charge in [-0.05, 0) is 30.2 Å². The number of nitrogens with zero attached hydrogens (tertiary/aromatic N) is 1. The summed E-state index contributed by atoms with van der Waals surface area (Å²) >= 11 is 3.41. The van der Waals surface area contributed by atoms with Gasteiger partial charge in [-0.2, -0.15) is 4.36 Å². The summed E-state index contributed by atoms with van der Waals surface area (Å²) in [5.74, 6) is 0.677. The quantitative estimate of drug-likeness (QED) is 0.705. The highest BCUT2D eigenvalue weighted by Crippen LogP contribution is 2.28. The Bertz CT molecular complexity index is 461. The zero-order valence-corrected chi connectivity index (χ0v) is 9.69. The number of hydrogen-bond donors (Lipinski definition) is 0. The molecule has 1 heterocycles. The van der Waals surface area contributed by atoms with Gasteiger partial charge in [0.2, 0.25) is 0 Å². The van der Waals surface area contributed by atoms with Crippen molar-refractivity contribution in [3.05, 3.63) is 28.2 Å². The monoisotopic (exact) mass is 259 g/mol. The van der Waals surface area contributed by atoms with Crippen LogP contribution >= 0.6 is 15.9 Å². The summed E-state index contributed by atoms with van der Waals surface area (Å²) in [6.45, 7) is 0. The Balaban J connectivity index is 2.61. The Morgan fingerprint density at radius 3 is 3.08 bits per heavy atom. The molecule has 1 atom stereocenters. The summed E-state index contributed by atoms with van der Waals surface area (Å²) < 4.78 is 17.0. The zero-order valence-electron chi connectivity index (χ0n) is 7.29. The van der Waals surface area contributed by atoms with Crippen molar-refractivity contribution in [1.29, 1.82) is 0 Å². The molecule has 0 N–H and O–H groups in total. The van der Waals surface area contributed by atoms with Crippen LogP contribution in [-0.2, 0) is 16.1 Å². The number of benzene rings is 1. The lowest BCUT2D eigenvalue weighted by Gasteiger charge is -2.14. The summed E-state index contributed by atoms with van der Waals surface area (Å²) in [5, 5.41) is 0. The fraction of sp³-hybridized carbons (Fsp3) is 0.333. The lowest BCUT2D eigenvalue weighted by atomic mass is 10.1. The van der Waals surface area contributed by atoms with Crippen LogP contribution < -0.4 is 0 Å². The molecule has 1 aromatic rings. The highest BCUT2D eigenvalue weighted by molar-refractivity contribution is 9.10. The maximum Gasteiger partial charge on any atom is 0.0763 e. The van der Waals surface area contributed by atoms with E-state index in [1.807, 2.05) is 18.2 Å². The van der Waals surface area contributed by atoms with Gasteiger partial charge in [-0.25, -0.2) is 4.21 Å². The van der Waals surface area contributed by atoms with Crippen molar-refractivity contribution in [1.82, 2.24) is 0 Å². The number of fused-ring (bicyclic) bond motifs is 1. The Labute approximate surface area is 86.7 Å². The predicted octanol–water partition coefficient (Wildman–Crippen LogP) is 2.73. The van der Waals surface area contributed by atoms with Crippen LogP contribution in [0.5, 0.6) is 0 Å². The van der Waals surface area contributed by atoms with E-state index in [1.54, 1.807) is 6.26 Å². The number of aryl methyl sites for hydroxylation is 1. The second-order valence-electron chi connectivity index (χ2n) is 3.28. The minimum Gasteiger partial charge on any atom is -0.250 e. The molecular weight excluding hydrogens is 250 g/mol. The van der Waals surface area contributed by atoms with E-state index in [1.165, 1.54) is 5.56 Å². The van der Waals surface area contributed by atoms with E-state index < -0.39 is 9.73 Å². The first-order valence-corrected chi connectivity index (χ1v) is 6.94. The van der Waals surface area contributed by atoms with Gasteiger partial charge in [-0.3, -0.25) is 0 Å². The molecule has 0 spiro atoms. The van der Waals surface area contributed by atoms with Gasteiger partial charge in [0, 0.05) is 26.2 Å². The average Bonchev–Trinajstić information content (AvgIpc) is 2.05. The molecule has 0 saturated heterocycles. The third-order valence-electron chi connectivity index (χ3n) is 2.08. The van der Waals surface area contributed by atoms with Crippen LogP contribution in [0.25, 0.3) is 0 Å². The van der Waals surface area contributed by atoms with Gasteiger partial charge in [0.05, 0.1) is 5.69 Å². The maximum absolute atomic E-state index is 11.7. The Morgan fingerprint density at radius 2 is 2.31 bits per heavy atom. The number of halogens is 1. The molecule has 0 aliphatic carbocycles. The Kier molecular flexibility index (Phi) is 2.20. The fourth-order valence-corrected chi connectivity index (χ4v) is 3.09. The van der Waals surface area contributed by atoms with Crippen LogP contribution in [0, 0.1) is 0 Å². The van der Waals surface area contributed by atoms with Gasteiger partial charge >= 0.3 is 0 Å².